The number of nitrogens with one attached hydrogen (secondary N) is 2. The zero-order valence-corrected chi connectivity index (χ0v) is 11.2. The summed E-state index contributed by atoms with van der Waals surface area (Å²) in [6, 6.07) is 3.91. The van der Waals surface area contributed by atoms with E-state index in [1.54, 1.807) is 13.1 Å². The Kier molecular flexibility index (Phi) is 3.78. The number of anilines is 1. The Bertz CT molecular complexity index is 432. The third kappa shape index (κ3) is 2.31. The van der Waals surface area contributed by atoms with E-state index in [1.165, 1.54) is 0 Å². The average Bonchev–Trinajstić information content (AvgIpc) is 2.32. The van der Waals surface area contributed by atoms with Gasteiger partial charge >= 0.3 is 0 Å². The highest BCUT2D eigenvalue weighted by molar-refractivity contribution is 5.64. The van der Waals surface area contributed by atoms with E-state index in [0.29, 0.717) is 6.04 Å². The molecule has 0 radical (unpaired) electrons. The maximum Gasteiger partial charge on any atom is 0.138 e. The summed E-state index contributed by atoms with van der Waals surface area (Å²) in [7, 11) is 1.79. The molecule has 4 heteroatoms. The van der Waals surface area contributed by atoms with E-state index in [-0.39, 0.29) is 11.8 Å². The summed E-state index contributed by atoms with van der Waals surface area (Å²) < 4.78 is 0. The van der Waals surface area contributed by atoms with Gasteiger partial charge in [-0.15, -0.1) is 0 Å². The highest BCUT2D eigenvalue weighted by Gasteiger charge is 2.30. The van der Waals surface area contributed by atoms with Crippen LogP contribution in [0.4, 0.5) is 5.69 Å². The van der Waals surface area contributed by atoms with E-state index in [1.807, 2.05) is 6.07 Å². The molecule has 18 heavy (non-hydrogen) atoms. The summed E-state index contributed by atoms with van der Waals surface area (Å²) in [5.74, 6) is 0.249. The first-order chi connectivity index (χ1) is 8.54. The molecule has 2 atom stereocenters. The standard InChI is InChI=1S/C14H22N2O2/c1-8(2)16-11-6-4-9-10(14(11)18)5-7-12(17)13(9)15-3/h5,7-8,11,14-18H,4,6H2,1-3H3. The van der Waals surface area contributed by atoms with Crippen molar-refractivity contribution in [2.24, 2.45) is 0 Å². The molecule has 4 N–H and O–H groups in total. The minimum Gasteiger partial charge on any atom is -0.506 e. The van der Waals surface area contributed by atoms with Crippen molar-refractivity contribution >= 4 is 5.69 Å². The van der Waals surface area contributed by atoms with Gasteiger partial charge in [-0.3, -0.25) is 0 Å². The van der Waals surface area contributed by atoms with Gasteiger partial charge in [0.15, 0.2) is 0 Å². The van der Waals surface area contributed by atoms with Crippen LogP contribution in [-0.4, -0.2) is 29.3 Å². The van der Waals surface area contributed by atoms with Crippen molar-refractivity contribution in [3.63, 3.8) is 0 Å². The highest BCUT2D eigenvalue weighted by Crippen LogP contribution is 2.38. The van der Waals surface area contributed by atoms with Crippen molar-refractivity contribution in [2.45, 2.75) is 44.9 Å². The van der Waals surface area contributed by atoms with E-state index in [4.69, 9.17) is 0 Å². The van der Waals surface area contributed by atoms with E-state index in [0.717, 1.165) is 29.7 Å². The smallest absolute Gasteiger partial charge is 0.138 e. The molecule has 0 bridgehead atoms. The van der Waals surface area contributed by atoms with Gasteiger partial charge in [-0.1, -0.05) is 19.9 Å². The summed E-state index contributed by atoms with van der Waals surface area (Å²) in [5, 5.41) is 26.6. The molecule has 1 aliphatic rings. The number of benzene rings is 1. The van der Waals surface area contributed by atoms with Crippen molar-refractivity contribution in [1.82, 2.24) is 5.32 Å². The van der Waals surface area contributed by atoms with Crippen LogP contribution in [0.25, 0.3) is 0 Å². The maximum atomic E-state index is 10.4. The van der Waals surface area contributed by atoms with E-state index >= 15 is 0 Å². The highest BCUT2D eigenvalue weighted by atomic mass is 16.3. The normalized spacial score (nSPS) is 22.9. The van der Waals surface area contributed by atoms with Crippen molar-refractivity contribution < 1.29 is 10.2 Å². The van der Waals surface area contributed by atoms with Gasteiger partial charge in [0.25, 0.3) is 0 Å². The first-order valence-electron chi connectivity index (χ1n) is 6.51. The minimum absolute atomic E-state index is 0.0896. The molecular formula is C14H22N2O2. The largest absolute Gasteiger partial charge is 0.506 e. The second kappa shape index (κ2) is 5.16. The van der Waals surface area contributed by atoms with Crippen LogP contribution in [0.3, 0.4) is 0 Å². The lowest BCUT2D eigenvalue weighted by Crippen LogP contribution is -2.42. The molecule has 0 heterocycles. The number of phenolic OH excluding ortho intramolecular Hbond substituents is 1. The average molecular weight is 250 g/mol. The quantitative estimate of drug-likeness (QED) is 0.618. The molecule has 0 aliphatic heterocycles. The molecule has 1 aromatic carbocycles. The third-order valence-corrected chi connectivity index (χ3v) is 3.53. The summed E-state index contributed by atoms with van der Waals surface area (Å²) in [6.45, 7) is 4.16. The van der Waals surface area contributed by atoms with Gasteiger partial charge in [-0.05, 0) is 30.0 Å². The zero-order valence-electron chi connectivity index (χ0n) is 11.2. The van der Waals surface area contributed by atoms with Crippen LogP contribution in [-0.2, 0) is 6.42 Å². The number of aliphatic hydroxyl groups is 1. The molecule has 100 valence electrons. The van der Waals surface area contributed by atoms with Crippen LogP contribution in [0, 0.1) is 0 Å². The van der Waals surface area contributed by atoms with Crippen LogP contribution in [0.5, 0.6) is 5.75 Å². The summed E-state index contributed by atoms with van der Waals surface area (Å²) >= 11 is 0. The predicted molar refractivity (Wildman–Crippen MR) is 73.0 cm³/mol. The van der Waals surface area contributed by atoms with Crippen molar-refractivity contribution in [1.29, 1.82) is 0 Å². The first-order valence-corrected chi connectivity index (χ1v) is 6.51. The molecule has 1 aliphatic carbocycles. The lowest BCUT2D eigenvalue weighted by atomic mass is 9.84. The van der Waals surface area contributed by atoms with Crippen molar-refractivity contribution in [2.75, 3.05) is 12.4 Å². The Labute approximate surface area is 108 Å². The molecular weight excluding hydrogens is 228 g/mol. The summed E-state index contributed by atoms with van der Waals surface area (Å²) in [6.07, 6.45) is 1.23. The van der Waals surface area contributed by atoms with Crippen LogP contribution >= 0.6 is 0 Å². The molecule has 0 fully saturated rings. The number of hydrogen-bond donors (Lipinski definition) is 4. The lowest BCUT2D eigenvalue weighted by molar-refractivity contribution is 0.110. The number of phenols is 1. The Hall–Kier alpha value is -1.26. The third-order valence-electron chi connectivity index (χ3n) is 3.53. The Morgan fingerprint density at radius 3 is 2.67 bits per heavy atom. The van der Waals surface area contributed by atoms with Gasteiger partial charge in [-0.25, -0.2) is 0 Å². The molecule has 0 saturated carbocycles. The van der Waals surface area contributed by atoms with E-state index < -0.39 is 6.10 Å². The van der Waals surface area contributed by atoms with Crippen LogP contribution in [0.1, 0.15) is 37.5 Å². The van der Waals surface area contributed by atoms with Gasteiger partial charge in [0, 0.05) is 19.1 Å². The summed E-state index contributed by atoms with van der Waals surface area (Å²) in [4.78, 5) is 0. The predicted octanol–water partition coefficient (Wildman–Crippen LogP) is 1.78. The fourth-order valence-electron chi connectivity index (χ4n) is 2.75. The van der Waals surface area contributed by atoms with Crippen LogP contribution < -0.4 is 10.6 Å². The molecule has 0 spiro atoms. The molecule has 0 saturated heterocycles. The van der Waals surface area contributed by atoms with Crippen molar-refractivity contribution in [3.8, 4) is 5.75 Å². The SMILES string of the molecule is CNc1c(O)ccc2c1CCC(NC(C)C)C2O. The van der Waals surface area contributed by atoms with Crippen LogP contribution in [0.2, 0.25) is 0 Å². The Morgan fingerprint density at radius 2 is 2.06 bits per heavy atom. The van der Waals surface area contributed by atoms with Crippen LogP contribution in [0.15, 0.2) is 12.1 Å². The molecule has 0 amide bonds. The second-order valence-electron chi connectivity index (χ2n) is 5.19. The lowest BCUT2D eigenvalue weighted by Gasteiger charge is -2.33. The topological polar surface area (TPSA) is 64.5 Å². The number of hydrogen-bond acceptors (Lipinski definition) is 4. The van der Waals surface area contributed by atoms with Gasteiger partial charge in [-0.2, -0.15) is 0 Å². The number of fused-ring (bicyclic) bond motifs is 1. The van der Waals surface area contributed by atoms with E-state index in [9.17, 15) is 10.2 Å². The number of aromatic hydroxyl groups is 1. The Balaban J connectivity index is 2.33. The first kappa shape index (κ1) is 13.2. The fraction of sp³-hybridized carbons (Fsp3) is 0.571. The maximum absolute atomic E-state index is 10.4. The van der Waals surface area contributed by atoms with Gasteiger partial charge in [0.05, 0.1) is 11.8 Å². The van der Waals surface area contributed by atoms with Gasteiger partial charge in [0.2, 0.25) is 0 Å². The van der Waals surface area contributed by atoms with Gasteiger partial charge < -0.3 is 20.8 Å². The molecule has 2 unspecified atom stereocenters. The molecule has 1 aromatic rings. The second-order valence-corrected chi connectivity index (χ2v) is 5.19. The van der Waals surface area contributed by atoms with E-state index in [2.05, 4.69) is 24.5 Å². The minimum atomic E-state index is -0.510. The fourth-order valence-corrected chi connectivity index (χ4v) is 2.75. The molecule has 4 nitrogen and oxygen atoms in total. The number of rotatable bonds is 3. The van der Waals surface area contributed by atoms with Crippen molar-refractivity contribution in [3.05, 3.63) is 23.3 Å². The monoisotopic (exact) mass is 250 g/mol. The molecule has 2 rings (SSSR count). The van der Waals surface area contributed by atoms with Gasteiger partial charge in [0.1, 0.15) is 5.75 Å². The Morgan fingerprint density at radius 1 is 1.33 bits per heavy atom. The zero-order chi connectivity index (χ0) is 13.3. The number of aliphatic hydroxyl groups excluding tert-OH is 1. The summed E-state index contributed by atoms with van der Waals surface area (Å²) in [5.41, 5.74) is 2.70. The molecule has 0 aromatic heterocycles.